The highest BCUT2D eigenvalue weighted by Gasteiger charge is 2.35. The van der Waals surface area contributed by atoms with E-state index in [0.717, 1.165) is 34.2 Å². The lowest BCUT2D eigenvalue weighted by Gasteiger charge is -2.23. The number of amides is 2. The maximum absolute atomic E-state index is 13.1. The van der Waals surface area contributed by atoms with Crippen LogP contribution in [0.1, 0.15) is 26.7 Å². The van der Waals surface area contributed by atoms with Crippen LogP contribution in [-0.2, 0) is 21.0 Å². The Morgan fingerprint density at radius 1 is 0.974 bits per heavy atom. The van der Waals surface area contributed by atoms with Gasteiger partial charge in [-0.05, 0) is 50.2 Å². The number of rotatable bonds is 9. The monoisotopic (exact) mass is 512 g/mol. The van der Waals surface area contributed by atoms with Crippen LogP contribution in [0.2, 0.25) is 0 Å². The van der Waals surface area contributed by atoms with Gasteiger partial charge >= 0.3 is 0 Å². The molecular formula is C30H32N4O4. The second-order valence-electron chi connectivity index (χ2n) is 9.30. The summed E-state index contributed by atoms with van der Waals surface area (Å²) in [6.07, 6.45) is 0.629. The van der Waals surface area contributed by atoms with Crippen molar-refractivity contribution in [1.29, 1.82) is 0 Å². The number of benzene rings is 3. The molecule has 1 aromatic heterocycles. The highest BCUT2D eigenvalue weighted by Crippen LogP contribution is 2.31. The Kier molecular flexibility index (Phi) is 7.58. The van der Waals surface area contributed by atoms with E-state index in [1.54, 1.807) is 17.0 Å². The van der Waals surface area contributed by atoms with E-state index in [1.807, 2.05) is 55.5 Å². The molecule has 0 saturated carbocycles. The summed E-state index contributed by atoms with van der Waals surface area (Å²) in [6.45, 7) is 5.50. The number of aryl methyl sites for hydroxylation is 1. The third kappa shape index (κ3) is 5.34. The van der Waals surface area contributed by atoms with Crippen molar-refractivity contribution < 1.29 is 19.2 Å². The van der Waals surface area contributed by atoms with Gasteiger partial charge in [0.1, 0.15) is 12.4 Å². The lowest BCUT2D eigenvalue weighted by atomic mass is 10.1. The molecule has 8 heteroatoms. The first-order valence-electron chi connectivity index (χ1n) is 13.0. The molecule has 8 nitrogen and oxygen atoms in total. The second-order valence-corrected chi connectivity index (χ2v) is 9.30. The summed E-state index contributed by atoms with van der Waals surface area (Å²) in [7, 11) is 0. The Morgan fingerprint density at radius 2 is 1.74 bits per heavy atom. The van der Waals surface area contributed by atoms with Crippen molar-refractivity contribution in [1.82, 2.24) is 9.47 Å². The number of hydrogen-bond donors (Lipinski definition) is 1. The average Bonchev–Trinajstić information content (AvgIpc) is 3.49. The molecule has 1 N–H and O–H groups in total. The van der Waals surface area contributed by atoms with Gasteiger partial charge in [0.05, 0.1) is 12.3 Å². The fraction of sp³-hybridized carbons (Fsp3) is 0.300. The molecule has 2 amide bonds. The number of fused-ring (bicyclic) bond motifs is 3. The van der Waals surface area contributed by atoms with Gasteiger partial charge in [-0.1, -0.05) is 41.6 Å². The molecule has 2 heterocycles. The third-order valence-corrected chi connectivity index (χ3v) is 6.81. The Labute approximate surface area is 221 Å². The smallest absolute Gasteiger partial charge is 0.261 e. The molecular weight excluding hydrogens is 480 g/mol. The van der Waals surface area contributed by atoms with Crippen LogP contribution in [0, 0.1) is 0 Å². The minimum absolute atomic E-state index is 0.109. The summed E-state index contributed by atoms with van der Waals surface area (Å²) in [4.78, 5) is 33.1. The number of anilines is 1. The first-order chi connectivity index (χ1) is 18.6. The van der Waals surface area contributed by atoms with Crippen LogP contribution < -0.4 is 10.1 Å². The molecule has 1 atom stereocenters. The summed E-state index contributed by atoms with van der Waals surface area (Å²) < 4.78 is 7.94. The van der Waals surface area contributed by atoms with Crippen LogP contribution in [0.4, 0.5) is 5.69 Å². The van der Waals surface area contributed by atoms with Gasteiger partial charge in [0.2, 0.25) is 5.91 Å². The van der Waals surface area contributed by atoms with E-state index in [1.165, 1.54) is 5.52 Å². The topological polar surface area (TPSA) is 85.2 Å². The summed E-state index contributed by atoms with van der Waals surface area (Å²) in [5, 5.41) is 9.45. The molecule has 3 aromatic carbocycles. The Balaban J connectivity index is 1.30. The van der Waals surface area contributed by atoms with Crippen LogP contribution in [0.15, 0.2) is 78.0 Å². The maximum Gasteiger partial charge on any atom is 0.261 e. The fourth-order valence-electron chi connectivity index (χ4n) is 5.11. The van der Waals surface area contributed by atoms with Gasteiger partial charge in [0.25, 0.3) is 5.91 Å². The Morgan fingerprint density at radius 3 is 2.53 bits per heavy atom. The lowest BCUT2D eigenvalue weighted by Crippen LogP contribution is -2.40. The van der Waals surface area contributed by atoms with Crippen LogP contribution in [0.25, 0.3) is 21.8 Å². The van der Waals surface area contributed by atoms with Gasteiger partial charge in [0, 0.05) is 52.9 Å². The van der Waals surface area contributed by atoms with Crippen molar-refractivity contribution >= 4 is 45.0 Å². The zero-order chi connectivity index (χ0) is 26.5. The molecule has 1 aliphatic rings. The van der Waals surface area contributed by atoms with E-state index in [4.69, 9.17) is 9.57 Å². The number of carbonyl (C=O) groups excluding carboxylic acids is 2. The van der Waals surface area contributed by atoms with Crippen LogP contribution in [-0.4, -0.2) is 52.8 Å². The van der Waals surface area contributed by atoms with E-state index < -0.39 is 0 Å². The predicted molar refractivity (Wildman–Crippen MR) is 149 cm³/mol. The van der Waals surface area contributed by atoms with E-state index in [-0.39, 0.29) is 30.9 Å². The largest absolute Gasteiger partial charge is 0.484 e. The average molecular weight is 513 g/mol. The predicted octanol–water partition coefficient (Wildman–Crippen LogP) is 5.22. The van der Waals surface area contributed by atoms with Crippen molar-refractivity contribution in [2.45, 2.75) is 39.3 Å². The molecule has 1 saturated heterocycles. The molecule has 38 heavy (non-hydrogen) atoms. The Hall–Kier alpha value is -4.33. The number of ether oxygens (including phenoxy) is 1. The van der Waals surface area contributed by atoms with E-state index >= 15 is 0 Å². The maximum atomic E-state index is 13.1. The highest BCUT2D eigenvalue weighted by molar-refractivity contribution is 6.10. The minimum atomic E-state index is -0.327. The standard InChI is InChI=1S/C30H32N4O4/c1-3-33-27-13-9-8-12-25(27)26-17-21(14-15-28(26)33)31-29(35)18-23-16-22(32-38-4-2)19-34(23)30(36)20-37-24-10-6-5-7-11-24/h5-15,17,23H,3-4,16,18-20H2,1-2H3,(H,31,35)/b32-22+/t23-/m0/s1. The van der Waals surface area contributed by atoms with Crippen molar-refractivity contribution in [3.63, 3.8) is 0 Å². The van der Waals surface area contributed by atoms with Gasteiger partial charge in [-0.25, -0.2) is 0 Å². The number of nitrogens with one attached hydrogen (secondary N) is 1. The number of para-hydroxylation sites is 2. The third-order valence-electron chi connectivity index (χ3n) is 6.81. The number of nitrogens with zero attached hydrogens (tertiary/aromatic N) is 3. The summed E-state index contributed by atoms with van der Waals surface area (Å²) in [5.41, 5.74) is 3.78. The summed E-state index contributed by atoms with van der Waals surface area (Å²) in [5.74, 6) is 0.271. The van der Waals surface area contributed by atoms with Crippen molar-refractivity contribution in [3.8, 4) is 5.75 Å². The first-order valence-corrected chi connectivity index (χ1v) is 13.0. The summed E-state index contributed by atoms with van der Waals surface area (Å²) >= 11 is 0. The normalized spacial score (nSPS) is 16.3. The zero-order valence-electron chi connectivity index (χ0n) is 21.7. The van der Waals surface area contributed by atoms with Gasteiger partial charge in [-0.15, -0.1) is 0 Å². The zero-order valence-corrected chi connectivity index (χ0v) is 21.7. The van der Waals surface area contributed by atoms with Crippen molar-refractivity contribution in [2.24, 2.45) is 5.16 Å². The van der Waals surface area contributed by atoms with Gasteiger partial charge in [-0.3, -0.25) is 9.59 Å². The van der Waals surface area contributed by atoms with E-state index in [9.17, 15) is 9.59 Å². The molecule has 4 aromatic rings. The second kappa shape index (κ2) is 11.4. The number of carbonyl (C=O) groups is 2. The highest BCUT2D eigenvalue weighted by atomic mass is 16.6. The molecule has 0 unspecified atom stereocenters. The van der Waals surface area contributed by atoms with E-state index in [0.29, 0.717) is 25.3 Å². The van der Waals surface area contributed by atoms with Crippen molar-refractivity contribution in [2.75, 3.05) is 25.1 Å². The van der Waals surface area contributed by atoms with E-state index in [2.05, 4.69) is 34.1 Å². The van der Waals surface area contributed by atoms with Gasteiger partial charge < -0.3 is 24.4 Å². The molecule has 0 radical (unpaired) electrons. The molecule has 1 fully saturated rings. The molecule has 196 valence electrons. The van der Waals surface area contributed by atoms with Crippen molar-refractivity contribution in [3.05, 3.63) is 72.8 Å². The molecule has 1 aliphatic heterocycles. The molecule has 0 aliphatic carbocycles. The molecule has 5 rings (SSSR count). The van der Waals surface area contributed by atoms with Crippen LogP contribution in [0.3, 0.4) is 0 Å². The number of hydrogen-bond acceptors (Lipinski definition) is 5. The van der Waals surface area contributed by atoms with Gasteiger partial charge in [0.15, 0.2) is 6.61 Å². The number of oxime groups is 1. The summed E-state index contributed by atoms with van der Waals surface area (Å²) in [6, 6.07) is 23.2. The first kappa shape index (κ1) is 25.3. The fourth-order valence-corrected chi connectivity index (χ4v) is 5.11. The number of aromatic nitrogens is 1. The Bertz CT molecular complexity index is 1480. The van der Waals surface area contributed by atoms with Crippen LogP contribution in [0.5, 0.6) is 5.75 Å². The minimum Gasteiger partial charge on any atom is -0.484 e. The molecule has 0 spiro atoms. The lowest BCUT2D eigenvalue weighted by molar-refractivity contribution is -0.134. The molecule has 0 bridgehead atoms. The number of likely N-dealkylation sites (tertiary alicyclic amines) is 1. The van der Waals surface area contributed by atoms with Crippen LogP contribution >= 0.6 is 0 Å². The van der Waals surface area contributed by atoms with Gasteiger partial charge in [-0.2, -0.15) is 0 Å². The quantitative estimate of drug-likeness (QED) is 0.312. The SMILES string of the molecule is CCO/N=C1\C[C@@H](CC(=O)Nc2ccc3c(c2)c2ccccc2n3CC)N(C(=O)COc2ccccc2)C1.